The first-order valence-corrected chi connectivity index (χ1v) is 14.6. The average molecular weight is 667 g/mol. The van der Waals surface area contributed by atoms with Crippen molar-refractivity contribution in [2.24, 2.45) is 17.8 Å². The standard InChI is InChI=1S/C31H25Br2NO6/c1-14-10-21(35)25-20(28(14)36)11-18-16(23(25)19-12-22(40-2)29(37)27(33)26(19)32)8-9-17-24(18)31(39)34(30(17)38)13-15-6-4-3-5-7-15/h3-8,10,12,17-18,23-24,37H,9,11,13H2,1-2H3/t17-,18+,23+,24-/m0/s1. The molecule has 1 heterocycles. The zero-order chi connectivity index (χ0) is 28.5. The van der Waals surface area contributed by atoms with E-state index in [4.69, 9.17) is 4.74 Å². The number of fused-ring (bicyclic) bond motifs is 3. The van der Waals surface area contributed by atoms with Crippen molar-refractivity contribution in [2.45, 2.75) is 32.2 Å². The van der Waals surface area contributed by atoms with Gasteiger partial charge in [-0.2, -0.15) is 0 Å². The highest BCUT2D eigenvalue weighted by Gasteiger charge is 2.56. The number of likely N-dealkylation sites (tertiary alicyclic amines) is 1. The molecule has 4 aliphatic rings. The number of halogens is 2. The molecule has 3 aliphatic carbocycles. The fourth-order valence-corrected chi connectivity index (χ4v) is 7.66. The second kappa shape index (κ2) is 9.96. The number of rotatable bonds is 4. The molecule has 2 aromatic carbocycles. The number of amides is 2. The van der Waals surface area contributed by atoms with E-state index < -0.39 is 23.7 Å². The van der Waals surface area contributed by atoms with Gasteiger partial charge in [0.1, 0.15) is 0 Å². The zero-order valence-electron chi connectivity index (χ0n) is 21.7. The largest absolute Gasteiger partial charge is 0.503 e. The van der Waals surface area contributed by atoms with Crippen molar-refractivity contribution < 1.29 is 29.0 Å². The van der Waals surface area contributed by atoms with Crippen LogP contribution in [0.1, 0.15) is 36.8 Å². The monoisotopic (exact) mass is 665 g/mol. The SMILES string of the molecule is COc1cc([C@H]2C3=CC[C@@H]4C(=O)N(Cc5ccccc5)C(=O)[C@@H]4[C@@H]3CC3=C2C(=O)C=C(C)C3=O)c(Br)c(Br)c1O. The molecular weight excluding hydrogens is 642 g/mol. The molecule has 40 heavy (non-hydrogen) atoms. The van der Waals surface area contributed by atoms with E-state index in [1.54, 1.807) is 13.0 Å². The van der Waals surface area contributed by atoms with Crippen LogP contribution < -0.4 is 4.74 Å². The Morgan fingerprint density at radius 3 is 2.45 bits per heavy atom. The number of hydrogen-bond donors (Lipinski definition) is 1. The number of methoxy groups -OCH3 is 1. The molecule has 0 saturated carbocycles. The molecule has 9 heteroatoms. The van der Waals surface area contributed by atoms with Crippen LogP contribution in [0, 0.1) is 17.8 Å². The molecule has 0 spiro atoms. The van der Waals surface area contributed by atoms with Crippen LogP contribution in [0.4, 0.5) is 0 Å². The van der Waals surface area contributed by atoms with Gasteiger partial charge in [-0.15, -0.1) is 0 Å². The predicted octanol–water partition coefficient (Wildman–Crippen LogP) is 5.56. The Labute approximate surface area is 247 Å². The maximum atomic E-state index is 13.9. The highest BCUT2D eigenvalue weighted by molar-refractivity contribution is 9.13. The normalized spacial score (nSPS) is 25.9. The lowest BCUT2D eigenvalue weighted by Gasteiger charge is -2.42. The predicted molar refractivity (Wildman–Crippen MR) is 153 cm³/mol. The van der Waals surface area contributed by atoms with E-state index in [-0.39, 0.29) is 47.8 Å². The molecule has 204 valence electrons. The van der Waals surface area contributed by atoms with E-state index in [0.717, 1.165) is 11.1 Å². The Hall–Kier alpha value is -3.30. The molecule has 2 aromatic rings. The van der Waals surface area contributed by atoms with Crippen molar-refractivity contribution in [1.82, 2.24) is 4.90 Å². The van der Waals surface area contributed by atoms with Crippen LogP contribution in [-0.4, -0.2) is 40.5 Å². The highest BCUT2D eigenvalue weighted by Crippen LogP contribution is 2.57. The number of imide groups is 1. The lowest BCUT2D eigenvalue weighted by Crippen LogP contribution is -2.39. The maximum Gasteiger partial charge on any atom is 0.234 e. The van der Waals surface area contributed by atoms with Crippen molar-refractivity contribution in [3.8, 4) is 11.5 Å². The number of benzene rings is 2. The highest BCUT2D eigenvalue weighted by atomic mass is 79.9. The Morgan fingerprint density at radius 2 is 1.75 bits per heavy atom. The van der Waals surface area contributed by atoms with E-state index in [1.807, 2.05) is 36.4 Å². The smallest absolute Gasteiger partial charge is 0.234 e. The quantitative estimate of drug-likeness (QED) is 0.261. The van der Waals surface area contributed by atoms with Crippen molar-refractivity contribution in [1.29, 1.82) is 0 Å². The molecule has 0 radical (unpaired) electrons. The topological polar surface area (TPSA) is 101 Å². The summed E-state index contributed by atoms with van der Waals surface area (Å²) >= 11 is 7.00. The van der Waals surface area contributed by atoms with E-state index in [0.29, 0.717) is 37.6 Å². The zero-order valence-corrected chi connectivity index (χ0v) is 24.9. The van der Waals surface area contributed by atoms with Crippen LogP contribution >= 0.6 is 31.9 Å². The molecule has 0 bridgehead atoms. The van der Waals surface area contributed by atoms with Crippen LogP contribution in [-0.2, 0) is 25.7 Å². The first-order valence-electron chi connectivity index (χ1n) is 13.0. The molecule has 1 N–H and O–H groups in total. The summed E-state index contributed by atoms with van der Waals surface area (Å²) in [6, 6.07) is 11.0. The molecule has 1 aliphatic heterocycles. The second-order valence-electron chi connectivity index (χ2n) is 10.6. The molecule has 1 saturated heterocycles. The molecule has 6 rings (SSSR count). The summed E-state index contributed by atoms with van der Waals surface area (Å²) in [6.07, 6.45) is 3.91. The van der Waals surface area contributed by atoms with Crippen molar-refractivity contribution >= 4 is 55.2 Å². The Balaban J connectivity index is 1.50. The molecular formula is C31H25Br2NO6. The summed E-state index contributed by atoms with van der Waals surface area (Å²) in [5, 5.41) is 10.6. The summed E-state index contributed by atoms with van der Waals surface area (Å²) in [5.74, 6) is -3.10. The minimum absolute atomic E-state index is 0.104. The van der Waals surface area contributed by atoms with E-state index >= 15 is 0 Å². The fourth-order valence-electron chi connectivity index (χ4n) is 6.70. The minimum Gasteiger partial charge on any atom is -0.503 e. The Bertz CT molecular complexity index is 1610. The number of carbonyl (C=O) groups excluding carboxylic acids is 4. The number of phenols is 1. The third-order valence-corrected chi connectivity index (χ3v) is 10.7. The molecule has 0 aromatic heterocycles. The third-order valence-electron chi connectivity index (χ3n) is 8.54. The van der Waals surface area contributed by atoms with Gasteiger partial charge in [0, 0.05) is 27.1 Å². The number of Topliss-reactive ketones (excluding diaryl/α,β-unsaturated/α-hetero) is 1. The van der Waals surface area contributed by atoms with Gasteiger partial charge in [-0.25, -0.2) is 0 Å². The van der Waals surface area contributed by atoms with Crippen molar-refractivity contribution in [3.63, 3.8) is 0 Å². The number of carbonyl (C=O) groups is 4. The van der Waals surface area contributed by atoms with Gasteiger partial charge in [0.25, 0.3) is 0 Å². The van der Waals surface area contributed by atoms with Gasteiger partial charge < -0.3 is 9.84 Å². The molecule has 4 atom stereocenters. The van der Waals surface area contributed by atoms with Gasteiger partial charge in [0.2, 0.25) is 11.8 Å². The van der Waals surface area contributed by atoms with Gasteiger partial charge in [-0.1, -0.05) is 42.0 Å². The van der Waals surface area contributed by atoms with Crippen LogP contribution in [0.3, 0.4) is 0 Å². The van der Waals surface area contributed by atoms with E-state index in [2.05, 4.69) is 31.9 Å². The average Bonchev–Trinajstić information content (AvgIpc) is 3.19. The van der Waals surface area contributed by atoms with Gasteiger partial charge in [-0.05, 0) is 80.8 Å². The summed E-state index contributed by atoms with van der Waals surface area (Å²) in [7, 11) is 1.43. The van der Waals surface area contributed by atoms with Gasteiger partial charge in [0.15, 0.2) is 23.1 Å². The van der Waals surface area contributed by atoms with E-state index in [1.165, 1.54) is 18.1 Å². The lowest BCUT2D eigenvalue weighted by atomic mass is 9.59. The molecule has 1 fully saturated rings. The lowest BCUT2D eigenvalue weighted by molar-refractivity contribution is -0.140. The molecule has 2 amide bonds. The number of ketones is 2. The van der Waals surface area contributed by atoms with Crippen molar-refractivity contribution in [2.75, 3.05) is 7.11 Å². The van der Waals surface area contributed by atoms with Gasteiger partial charge in [-0.3, -0.25) is 24.1 Å². The summed E-state index contributed by atoms with van der Waals surface area (Å²) in [4.78, 5) is 55.8. The molecule has 7 nitrogen and oxygen atoms in total. The summed E-state index contributed by atoms with van der Waals surface area (Å²) in [5.41, 5.74) is 3.42. The third kappa shape index (κ3) is 3.96. The number of hydrogen-bond acceptors (Lipinski definition) is 6. The van der Waals surface area contributed by atoms with Gasteiger partial charge >= 0.3 is 0 Å². The van der Waals surface area contributed by atoms with E-state index in [9.17, 15) is 24.3 Å². The number of ether oxygens (including phenoxy) is 1. The van der Waals surface area contributed by atoms with Crippen LogP contribution in [0.2, 0.25) is 0 Å². The minimum atomic E-state index is -0.665. The Kier molecular flexibility index (Phi) is 6.70. The number of phenolic OH excluding ortho intramolecular Hbond substituents is 1. The first-order chi connectivity index (χ1) is 19.1. The molecule has 0 unspecified atom stereocenters. The van der Waals surface area contributed by atoms with Crippen LogP contribution in [0.15, 0.2) is 79.8 Å². The summed E-state index contributed by atoms with van der Waals surface area (Å²) < 4.78 is 6.28. The van der Waals surface area contributed by atoms with Crippen LogP contribution in [0.25, 0.3) is 0 Å². The van der Waals surface area contributed by atoms with Crippen LogP contribution in [0.5, 0.6) is 11.5 Å². The maximum absolute atomic E-state index is 13.9. The number of aromatic hydroxyl groups is 1. The van der Waals surface area contributed by atoms with Crippen molar-refractivity contribution in [3.05, 3.63) is 90.9 Å². The number of allylic oxidation sites excluding steroid dienone is 6. The Morgan fingerprint density at radius 1 is 1.02 bits per heavy atom. The fraction of sp³-hybridized carbons (Fsp3) is 0.290. The second-order valence-corrected chi connectivity index (χ2v) is 12.2. The number of nitrogens with zero attached hydrogens (tertiary/aromatic N) is 1. The first kappa shape index (κ1) is 26.9. The van der Waals surface area contributed by atoms with Gasteiger partial charge in [0.05, 0.1) is 30.0 Å². The summed E-state index contributed by atoms with van der Waals surface area (Å²) in [6.45, 7) is 1.81.